The van der Waals surface area contributed by atoms with E-state index in [1.54, 1.807) is 0 Å². The minimum Gasteiger partial charge on any atom is -0.301 e. The highest BCUT2D eigenvalue weighted by Gasteiger charge is 2.33. The normalized spacial score (nSPS) is 17.8. The van der Waals surface area contributed by atoms with E-state index in [0.29, 0.717) is 26.2 Å². The summed E-state index contributed by atoms with van der Waals surface area (Å²) in [6.07, 6.45) is 0. The van der Waals surface area contributed by atoms with Crippen molar-refractivity contribution in [2.24, 2.45) is 0 Å². The van der Waals surface area contributed by atoms with Gasteiger partial charge in [0, 0.05) is 37.3 Å². The molecule has 9 heteroatoms. The molecule has 0 bridgehead atoms. The number of benzene rings is 1. The first-order valence-electron chi connectivity index (χ1n) is 6.52. The van der Waals surface area contributed by atoms with Crippen LogP contribution in [0.3, 0.4) is 0 Å². The first kappa shape index (κ1) is 16.2. The molecule has 1 heterocycles. The maximum absolute atomic E-state index is 12.6. The van der Waals surface area contributed by atoms with Crippen LogP contribution in [-0.4, -0.2) is 55.3 Å². The van der Waals surface area contributed by atoms with Crippen molar-refractivity contribution in [2.45, 2.75) is 11.8 Å². The number of hydrogen-bond acceptors (Lipinski definition) is 5. The summed E-state index contributed by atoms with van der Waals surface area (Å²) in [5.41, 5.74) is -0.486. The lowest BCUT2D eigenvalue weighted by molar-refractivity contribution is -0.387. The molecule has 0 atom stereocenters. The average Bonchev–Trinajstić information content (AvgIpc) is 2.47. The zero-order valence-corrected chi connectivity index (χ0v) is 13.1. The number of sulfonamides is 1. The summed E-state index contributed by atoms with van der Waals surface area (Å²) < 4.78 is 26.4. The maximum atomic E-state index is 12.6. The predicted molar refractivity (Wildman–Crippen MR) is 79.0 cm³/mol. The number of nitrogens with zero attached hydrogens (tertiary/aromatic N) is 3. The van der Waals surface area contributed by atoms with Crippen molar-refractivity contribution >= 4 is 27.3 Å². The molecule has 0 amide bonds. The fraction of sp³-hybridized carbons (Fsp3) is 0.500. The molecule has 0 aromatic heterocycles. The van der Waals surface area contributed by atoms with E-state index in [1.165, 1.54) is 16.4 Å². The Labute approximate surface area is 128 Å². The second-order valence-corrected chi connectivity index (χ2v) is 7.05. The number of hydrogen-bond donors (Lipinski definition) is 0. The lowest BCUT2D eigenvalue weighted by Crippen LogP contribution is -2.48. The van der Waals surface area contributed by atoms with E-state index in [1.807, 2.05) is 6.92 Å². The van der Waals surface area contributed by atoms with Gasteiger partial charge in [0.15, 0.2) is 4.90 Å². The minimum absolute atomic E-state index is 0.136. The molecule has 1 aromatic rings. The topological polar surface area (TPSA) is 83.8 Å². The quantitative estimate of drug-likeness (QED) is 0.617. The van der Waals surface area contributed by atoms with Gasteiger partial charge >= 0.3 is 0 Å². The highest BCUT2D eigenvalue weighted by Crippen LogP contribution is 2.29. The third kappa shape index (κ3) is 3.34. The first-order chi connectivity index (χ1) is 9.86. The largest absolute Gasteiger partial charge is 0.301 e. The standard InChI is InChI=1S/C12H16ClN3O4S/c1-2-14-5-7-15(8-6-14)21(19,20)12-4-3-10(13)9-11(12)16(17)18/h3-4,9H,2,5-8H2,1H3. The van der Waals surface area contributed by atoms with Crippen molar-refractivity contribution in [1.29, 1.82) is 0 Å². The summed E-state index contributed by atoms with van der Waals surface area (Å²) in [6, 6.07) is 3.61. The lowest BCUT2D eigenvalue weighted by atomic mass is 10.3. The average molecular weight is 334 g/mol. The van der Waals surface area contributed by atoms with Crippen LogP contribution < -0.4 is 0 Å². The second kappa shape index (κ2) is 6.27. The summed E-state index contributed by atoms with van der Waals surface area (Å²) in [5, 5.41) is 11.2. The Hall–Kier alpha value is -1.22. The monoisotopic (exact) mass is 333 g/mol. The summed E-state index contributed by atoms with van der Waals surface area (Å²) in [7, 11) is -3.88. The molecule has 1 fully saturated rings. The van der Waals surface area contributed by atoms with Gasteiger partial charge in [-0.15, -0.1) is 0 Å². The van der Waals surface area contributed by atoms with Crippen molar-refractivity contribution in [2.75, 3.05) is 32.7 Å². The molecular formula is C12H16ClN3O4S. The van der Waals surface area contributed by atoms with Crippen LogP contribution >= 0.6 is 11.6 Å². The molecule has 0 saturated carbocycles. The van der Waals surface area contributed by atoms with Crippen molar-refractivity contribution in [1.82, 2.24) is 9.21 Å². The Bertz CT molecular complexity index is 642. The number of nitro groups is 1. The number of halogens is 1. The van der Waals surface area contributed by atoms with Crippen molar-refractivity contribution in [3.63, 3.8) is 0 Å². The van der Waals surface area contributed by atoms with Crippen LogP contribution in [0.1, 0.15) is 6.92 Å². The van der Waals surface area contributed by atoms with Gasteiger partial charge in [-0.2, -0.15) is 4.31 Å². The number of likely N-dealkylation sites (N-methyl/N-ethyl adjacent to an activating group) is 1. The van der Waals surface area contributed by atoms with Crippen LogP contribution in [0.25, 0.3) is 0 Å². The summed E-state index contributed by atoms with van der Waals surface area (Å²) in [5.74, 6) is 0. The van der Waals surface area contributed by atoms with Gasteiger partial charge in [0.1, 0.15) is 0 Å². The van der Waals surface area contributed by atoms with Crippen molar-refractivity contribution < 1.29 is 13.3 Å². The van der Waals surface area contributed by atoms with Crippen LogP contribution in [0, 0.1) is 10.1 Å². The Balaban J connectivity index is 2.34. The van der Waals surface area contributed by atoms with Gasteiger partial charge in [-0.05, 0) is 18.7 Å². The van der Waals surface area contributed by atoms with Crippen LogP contribution in [0.15, 0.2) is 23.1 Å². The molecule has 7 nitrogen and oxygen atoms in total. The fourth-order valence-electron chi connectivity index (χ4n) is 2.28. The predicted octanol–water partition coefficient (Wildman–Crippen LogP) is 1.57. The molecule has 21 heavy (non-hydrogen) atoms. The van der Waals surface area contributed by atoms with Crippen molar-refractivity contribution in [3.8, 4) is 0 Å². The molecule has 1 aromatic carbocycles. The first-order valence-corrected chi connectivity index (χ1v) is 8.34. The van der Waals surface area contributed by atoms with Crippen LogP contribution in [-0.2, 0) is 10.0 Å². The van der Waals surface area contributed by atoms with Gasteiger partial charge in [-0.25, -0.2) is 8.42 Å². The van der Waals surface area contributed by atoms with Gasteiger partial charge in [-0.3, -0.25) is 10.1 Å². The molecule has 0 N–H and O–H groups in total. The zero-order chi connectivity index (χ0) is 15.6. The van der Waals surface area contributed by atoms with Crippen LogP contribution in [0.5, 0.6) is 0 Å². The van der Waals surface area contributed by atoms with Crippen molar-refractivity contribution in [3.05, 3.63) is 33.3 Å². The lowest BCUT2D eigenvalue weighted by Gasteiger charge is -2.33. The Kier molecular flexibility index (Phi) is 4.82. The molecule has 1 saturated heterocycles. The van der Waals surface area contributed by atoms with Gasteiger partial charge in [0.2, 0.25) is 10.0 Å². The fourth-order valence-corrected chi connectivity index (χ4v) is 4.00. The highest BCUT2D eigenvalue weighted by atomic mass is 35.5. The highest BCUT2D eigenvalue weighted by molar-refractivity contribution is 7.89. The molecular weight excluding hydrogens is 318 g/mol. The molecule has 116 valence electrons. The van der Waals surface area contributed by atoms with E-state index in [2.05, 4.69) is 4.90 Å². The van der Waals surface area contributed by atoms with E-state index >= 15 is 0 Å². The van der Waals surface area contributed by atoms with E-state index in [9.17, 15) is 18.5 Å². The molecule has 0 unspecified atom stereocenters. The van der Waals surface area contributed by atoms with E-state index in [-0.39, 0.29) is 9.92 Å². The van der Waals surface area contributed by atoms with Gasteiger partial charge in [0.25, 0.3) is 5.69 Å². The molecule has 0 radical (unpaired) electrons. The minimum atomic E-state index is -3.88. The second-order valence-electron chi connectivity index (χ2n) is 4.71. The molecule has 0 spiro atoms. The molecule has 1 aliphatic rings. The summed E-state index contributed by atoms with van der Waals surface area (Å²) in [6.45, 7) is 4.77. The SMILES string of the molecule is CCN1CCN(S(=O)(=O)c2ccc(Cl)cc2[N+](=O)[O-])CC1. The third-order valence-corrected chi connectivity index (χ3v) is 5.70. The maximum Gasteiger partial charge on any atom is 0.290 e. The number of rotatable bonds is 4. The van der Waals surface area contributed by atoms with Crippen LogP contribution in [0.2, 0.25) is 5.02 Å². The number of piperazine rings is 1. The summed E-state index contributed by atoms with van der Waals surface area (Å²) >= 11 is 5.72. The smallest absolute Gasteiger partial charge is 0.290 e. The number of nitro benzene ring substituents is 1. The Morgan fingerprint density at radius 2 is 1.90 bits per heavy atom. The molecule has 0 aliphatic carbocycles. The third-order valence-electron chi connectivity index (χ3n) is 3.51. The van der Waals surface area contributed by atoms with Gasteiger partial charge in [-0.1, -0.05) is 18.5 Å². The molecule has 2 rings (SSSR count). The zero-order valence-electron chi connectivity index (χ0n) is 11.5. The Morgan fingerprint density at radius 3 is 2.43 bits per heavy atom. The van der Waals surface area contributed by atoms with Gasteiger partial charge in [0.05, 0.1) is 4.92 Å². The summed E-state index contributed by atoms with van der Waals surface area (Å²) in [4.78, 5) is 12.2. The van der Waals surface area contributed by atoms with Gasteiger partial charge < -0.3 is 4.90 Å². The van der Waals surface area contributed by atoms with Crippen LogP contribution in [0.4, 0.5) is 5.69 Å². The van der Waals surface area contributed by atoms with E-state index < -0.39 is 20.6 Å². The molecule has 1 aliphatic heterocycles. The van der Waals surface area contributed by atoms with E-state index in [0.717, 1.165) is 12.6 Å². The van der Waals surface area contributed by atoms with E-state index in [4.69, 9.17) is 11.6 Å². The Morgan fingerprint density at radius 1 is 1.29 bits per heavy atom.